The third kappa shape index (κ3) is 5.18. The van der Waals surface area contributed by atoms with Crippen molar-refractivity contribution >= 4 is 0 Å². The lowest BCUT2D eigenvalue weighted by atomic mass is 9.75. The maximum atomic E-state index is 5.97. The summed E-state index contributed by atoms with van der Waals surface area (Å²) in [5, 5.41) is 2.50. The Labute approximate surface area is 159 Å². The van der Waals surface area contributed by atoms with Crippen LogP contribution in [-0.2, 0) is 4.74 Å². The van der Waals surface area contributed by atoms with Crippen LogP contribution in [0.25, 0.3) is 0 Å². The molecule has 1 aliphatic rings. The quantitative estimate of drug-likeness (QED) is 0.768. The van der Waals surface area contributed by atoms with Gasteiger partial charge in [-0.2, -0.15) is 0 Å². The van der Waals surface area contributed by atoms with Crippen LogP contribution in [0.15, 0.2) is 60.7 Å². The summed E-state index contributed by atoms with van der Waals surface area (Å²) in [5.41, 5.74) is 2.92. The largest absolute Gasteiger partial charge is 0.376 e. The minimum atomic E-state index is 0.0109. The first-order valence-corrected chi connectivity index (χ1v) is 10.1. The van der Waals surface area contributed by atoms with E-state index in [4.69, 9.17) is 4.74 Å². The molecule has 2 heteroatoms. The first-order chi connectivity index (χ1) is 12.6. The zero-order valence-corrected chi connectivity index (χ0v) is 16.5. The van der Waals surface area contributed by atoms with Crippen LogP contribution in [0.3, 0.4) is 0 Å². The minimum absolute atomic E-state index is 0.0109. The summed E-state index contributed by atoms with van der Waals surface area (Å²) in [6, 6.07) is 22.5. The molecule has 3 atom stereocenters. The molecule has 0 bridgehead atoms. The Morgan fingerprint density at radius 1 is 1.00 bits per heavy atom. The topological polar surface area (TPSA) is 25.8 Å². The van der Waals surface area contributed by atoms with E-state index in [1.165, 1.54) is 24.0 Å². The molecule has 0 unspecified atom stereocenters. The molecule has 2 N–H and O–H groups in total. The van der Waals surface area contributed by atoms with Gasteiger partial charge < -0.3 is 10.1 Å². The van der Waals surface area contributed by atoms with E-state index in [0.717, 1.165) is 19.6 Å². The number of rotatable bonds is 7. The van der Waals surface area contributed by atoms with E-state index in [-0.39, 0.29) is 5.60 Å². The third-order valence-corrected chi connectivity index (χ3v) is 5.86. The highest BCUT2D eigenvalue weighted by atomic mass is 16.5. The lowest BCUT2D eigenvalue weighted by Crippen LogP contribution is -2.84. The van der Waals surface area contributed by atoms with Gasteiger partial charge in [0.05, 0.1) is 12.1 Å². The molecule has 1 saturated heterocycles. The van der Waals surface area contributed by atoms with E-state index in [9.17, 15) is 0 Å². The maximum Gasteiger partial charge on any atom is 0.109 e. The predicted octanol–water partition coefficient (Wildman–Crippen LogP) is 4.69. The summed E-state index contributed by atoms with van der Waals surface area (Å²) in [6.07, 6.45) is 3.56. The lowest BCUT2D eigenvalue weighted by molar-refractivity contribution is -0.693. The number of nitrogens with two attached hydrogens (primary N) is 1. The molecule has 2 aromatic carbocycles. The van der Waals surface area contributed by atoms with Crippen LogP contribution in [0.5, 0.6) is 0 Å². The molecule has 0 saturated carbocycles. The SMILES string of the molecule is C[C@@H]([NH2+]CC[C@H](c1ccccc1)[C@@H]1CCOC(C)(C)C1)c1ccccc1. The molecule has 2 aromatic rings. The van der Waals surface area contributed by atoms with Gasteiger partial charge in [-0.3, -0.25) is 0 Å². The van der Waals surface area contributed by atoms with Crippen LogP contribution in [0.4, 0.5) is 0 Å². The molecule has 0 aromatic heterocycles. The molecule has 0 aliphatic carbocycles. The number of hydrogen-bond acceptors (Lipinski definition) is 1. The van der Waals surface area contributed by atoms with Crippen molar-refractivity contribution in [3.8, 4) is 0 Å². The Balaban J connectivity index is 1.64. The highest BCUT2D eigenvalue weighted by Crippen LogP contribution is 2.39. The van der Waals surface area contributed by atoms with Gasteiger partial charge in [-0.05, 0) is 51.0 Å². The van der Waals surface area contributed by atoms with Gasteiger partial charge in [-0.15, -0.1) is 0 Å². The molecule has 3 rings (SSSR count). The molecule has 0 spiro atoms. The predicted molar refractivity (Wildman–Crippen MR) is 108 cm³/mol. The first-order valence-electron chi connectivity index (χ1n) is 10.1. The Bertz CT molecular complexity index is 652. The van der Waals surface area contributed by atoms with E-state index in [1.807, 2.05) is 0 Å². The van der Waals surface area contributed by atoms with Crippen molar-refractivity contribution in [3.63, 3.8) is 0 Å². The Hall–Kier alpha value is -1.64. The van der Waals surface area contributed by atoms with Crippen molar-refractivity contribution in [1.29, 1.82) is 0 Å². The van der Waals surface area contributed by atoms with Gasteiger partial charge in [0.25, 0.3) is 0 Å². The highest BCUT2D eigenvalue weighted by molar-refractivity contribution is 5.21. The molecule has 1 heterocycles. The Morgan fingerprint density at radius 2 is 1.62 bits per heavy atom. The second-order valence-corrected chi connectivity index (χ2v) is 8.39. The zero-order valence-electron chi connectivity index (χ0n) is 16.5. The molecule has 26 heavy (non-hydrogen) atoms. The van der Waals surface area contributed by atoms with Gasteiger partial charge in [0.15, 0.2) is 0 Å². The number of benzene rings is 2. The van der Waals surface area contributed by atoms with Crippen molar-refractivity contribution in [3.05, 3.63) is 71.8 Å². The van der Waals surface area contributed by atoms with Crippen molar-refractivity contribution in [2.75, 3.05) is 13.2 Å². The van der Waals surface area contributed by atoms with Gasteiger partial charge in [-0.1, -0.05) is 60.7 Å². The second kappa shape index (κ2) is 8.83. The second-order valence-electron chi connectivity index (χ2n) is 8.39. The van der Waals surface area contributed by atoms with Crippen LogP contribution in [0, 0.1) is 5.92 Å². The van der Waals surface area contributed by atoms with Gasteiger partial charge in [-0.25, -0.2) is 0 Å². The van der Waals surface area contributed by atoms with E-state index in [0.29, 0.717) is 17.9 Å². The lowest BCUT2D eigenvalue weighted by Gasteiger charge is -2.39. The van der Waals surface area contributed by atoms with Crippen molar-refractivity contribution < 1.29 is 10.1 Å². The fourth-order valence-corrected chi connectivity index (χ4v) is 4.42. The highest BCUT2D eigenvalue weighted by Gasteiger charge is 2.34. The summed E-state index contributed by atoms with van der Waals surface area (Å²) in [4.78, 5) is 0. The van der Waals surface area contributed by atoms with Gasteiger partial charge >= 0.3 is 0 Å². The first kappa shape index (κ1) is 19.1. The zero-order chi connectivity index (χ0) is 18.4. The van der Waals surface area contributed by atoms with Crippen LogP contribution in [0.2, 0.25) is 0 Å². The molecule has 0 radical (unpaired) electrons. The number of ether oxygens (including phenoxy) is 1. The van der Waals surface area contributed by atoms with Crippen LogP contribution >= 0.6 is 0 Å². The fraction of sp³-hybridized carbons (Fsp3) is 0.500. The summed E-state index contributed by atoms with van der Waals surface area (Å²) < 4.78 is 5.97. The van der Waals surface area contributed by atoms with E-state index in [2.05, 4.69) is 86.8 Å². The van der Waals surface area contributed by atoms with Gasteiger partial charge in [0, 0.05) is 18.6 Å². The Kier molecular flexibility index (Phi) is 6.50. The normalized spacial score (nSPS) is 21.9. The van der Waals surface area contributed by atoms with Gasteiger partial charge in [0.1, 0.15) is 6.04 Å². The average Bonchev–Trinajstić information content (AvgIpc) is 2.65. The third-order valence-electron chi connectivity index (χ3n) is 5.86. The average molecular weight is 353 g/mol. The summed E-state index contributed by atoms with van der Waals surface area (Å²) >= 11 is 0. The molecule has 0 amide bonds. The fourth-order valence-electron chi connectivity index (χ4n) is 4.42. The molecular formula is C24H34NO+. The van der Waals surface area contributed by atoms with E-state index < -0.39 is 0 Å². The van der Waals surface area contributed by atoms with Crippen LogP contribution in [-0.4, -0.2) is 18.8 Å². The molecule has 1 fully saturated rings. The van der Waals surface area contributed by atoms with Crippen molar-refractivity contribution in [2.24, 2.45) is 5.92 Å². The minimum Gasteiger partial charge on any atom is -0.376 e. The van der Waals surface area contributed by atoms with Crippen LogP contribution in [0.1, 0.15) is 63.1 Å². The number of hydrogen-bond donors (Lipinski definition) is 1. The molecule has 140 valence electrons. The van der Waals surface area contributed by atoms with Crippen LogP contribution < -0.4 is 5.32 Å². The standard InChI is InChI=1S/C24H33NO/c1-19(20-10-6-4-7-11-20)25-16-14-23(21-12-8-5-9-13-21)22-15-17-26-24(2,3)18-22/h4-13,19,22-23,25H,14-18H2,1-3H3/p+1/t19-,22-,23-/m1/s1. The summed E-state index contributed by atoms with van der Waals surface area (Å²) in [7, 11) is 0. The monoisotopic (exact) mass is 352 g/mol. The van der Waals surface area contributed by atoms with E-state index >= 15 is 0 Å². The molecular weight excluding hydrogens is 318 g/mol. The summed E-state index contributed by atoms with van der Waals surface area (Å²) in [5.74, 6) is 1.33. The van der Waals surface area contributed by atoms with Crippen molar-refractivity contribution in [1.82, 2.24) is 0 Å². The maximum absolute atomic E-state index is 5.97. The van der Waals surface area contributed by atoms with Gasteiger partial charge in [0.2, 0.25) is 0 Å². The summed E-state index contributed by atoms with van der Waals surface area (Å²) in [6.45, 7) is 8.85. The van der Waals surface area contributed by atoms with Crippen molar-refractivity contribution in [2.45, 2.75) is 57.6 Å². The smallest absolute Gasteiger partial charge is 0.109 e. The molecule has 1 aliphatic heterocycles. The Morgan fingerprint density at radius 3 is 2.23 bits per heavy atom. The number of quaternary nitrogens is 1. The van der Waals surface area contributed by atoms with E-state index in [1.54, 1.807) is 0 Å². The molecule has 2 nitrogen and oxygen atoms in total.